The van der Waals surface area contributed by atoms with Crippen LogP contribution in [0.15, 0.2) is 36.9 Å². The van der Waals surface area contributed by atoms with Crippen LogP contribution in [-0.4, -0.2) is 42.7 Å². The zero-order valence-corrected chi connectivity index (χ0v) is 20.9. The molecule has 1 saturated heterocycles. The first-order valence-electron chi connectivity index (χ1n) is 12.3. The molecule has 4 heterocycles. The quantitative estimate of drug-likeness (QED) is 0.290. The van der Waals surface area contributed by atoms with Gasteiger partial charge in [0.1, 0.15) is 29.1 Å². The molecule has 8 nitrogen and oxygen atoms in total. The van der Waals surface area contributed by atoms with Gasteiger partial charge in [-0.25, -0.2) is 24.3 Å². The molecule has 12 heteroatoms. The first-order valence-corrected chi connectivity index (χ1v) is 12.3. The van der Waals surface area contributed by atoms with Crippen molar-refractivity contribution in [3.8, 4) is 17.0 Å². The number of halogens is 4. The molecule has 200 valence electrons. The molecule has 38 heavy (non-hydrogen) atoms. The van der Waals surface area contributed by atoms with Crippen LogP contribution in [0, 0.1) is 19.7 Å². The van der Waals surface area contributed by atoms with Gasteiger partial charge in [0, 0.05) is 30.0 Å². The Bertz CT molecular complexity index is 1430. The third kappa shape index (κ3) is 6.07. The predicted molar refractivity (Wildman–Crippen MR) is 130 cm³/mol. The molecule has 1 atom stereocenters. The number of alkyl halides is 3. The van der Waals surface area contributed by atoms with Crippen LogP contribution < -0.4 is 4.74 Å². The van der Waals surface area contributed by atoms with Gasteiger partial charge in [0.05, 0.1) is 29.7 Å². The molecule has 1 aliphatic carbocycles. The van der Waals surface area contributed by atoms with Crippen LogP contribution >= 0.6 is 0 Å². The van der Waals surface area contributed by atoms with E-state index in [-0.39, 0.29) is 22.4 Å². The molecule has 0 amide bonds. The van der Waals surface area contributed by atoms with Gasteiger partial charge in [0.15, 0.2) is 5.65 Å². The first-order chi connectivity index (χ1) is 18.2. The summed E-state index contributed by atoms with van der Waals surface area (Å²) in [4.78, 5) is 16.5. The van der Waals surface area contributed by atoms with Gasteiger partial charge in [0.2, 0.25) is 0 Å². The molecule has 1 aromatic carbocycles. The molecule has 0 spiro atoms. The van der Waals surface area contributed by atoms with Crippen LogP contribution in [0.4, 0.5) is 17.6 Å². The smallest absolute Gasteiger partial charge is 0.406 e. The van der Waals surface area contributed by atoms with Crippen LogP contribution in [0.25, 0.3) is 22.4 Å². The third-order valence-electron chi connectivity index (χ3n) is 6.40. The SMILES string of the molecule is Cc1nc2ncnc(-c3ccc(OC(F)(F)F)cc3F)c2nc1C.c1nn(C2CC2)cc1C1CCCCO1. The van der Waals surface area contributed by atoms with Crippen molar-refractivity contribution in [2.45, 2.75) is 64.5 Å². The number of aromatic nitrogens is 6. The van der Waals surface area contributed by atoms with Crippen molar-refractivity contribution in [2.24, 2.45) is 0 Å². The molecule has 2 fully saturated rings. The van der Waals surface area contributed by atoms with Crippen molar-refractivity contribution in [2.75, 3.05) is 6.61 Å². The van der Waals surface area contributed by atoms with Crippen molar-refractivity contribution >= 4 is 11.2 Å². The topological polar surface area (TPSA) is 87.8 Å². The molecular weight excluding hydrogens is 504 g/mol. The minimum Gasteiger partial charge on any atom is -0.406 e. The molecule has 1 unspecified atom stereocenters. The van der Waals surface area contributed by atoms with E-state index in [0.29, 0.717) is 29.6 Å². The molecule has 0 N–H and O–H groups in total. The number of hydrogen-bond donors (Lipinski definition) is 0. The minimum atomic E-state index is -4.89. The monoisotopic (exact) mass is 530 g/mol. The second-order valence-corrected chi connectivity index (χ2v) is 9.32. The van der Waals surface area contributed by atoms with E-state index in [0.717, 1.165) is 25.2 Å². The molecule has 6 rings (SSSR count). The summed E-state index contributed by atoms with van der Waals surface area (Å²) in [6.45, 7) is 4.40. The maximum absolute atomic E-state index is 14.3. The average molecular weight is 531 g/mol. The number of rotatable bonds is 4. The Morgan fingerprint density at radius 3 is 2.50 bits per heavy atom. The highest BCUT2D eigenvalue weighted by molar-refractivity contribution is 5.86. The van der Waals surface area contributed by atoms with Gasteiger partial charge in [0.25, 0.3) is 0 Å². The molecule has 4 aromatic rings. The number of ether oxygens (including phenoxy) is 2. The zero-order valence-electron chi connectivity index (χ0n) is 20.9. The summed E-state index contributed by atoms with van der Waals surface area (Å²) in [7, 11) is 0. The Hall–Kier alpha value is -3.67. The summed E-state index contributed by atoms with van der Waals surface area (Å²) < 4.78 is 62.4. The Labute approximate surface area is 216 Å². The van der Waals surface area contributed by atoms with Gasteiger partial charge < -0.3 is 9.47 Å². The summed E-state index contributed by atoms with van der Waals surface area (Å²) in [6.07, 6.45) is 7.04. The summed E-state index contributed by atoms with van der Waals surface area (Å²) in [5.41, 5.74) is 3.23. The van der Waals surface area contributed by atoms with Gasteiger partial charge in [-0.15, -0.1) is 13.2 Å². The predicted octanol–water partition coefficient (Wildman–Crippen LogP) is 6.20. The minimum absolute atomic E-state index is 0.0190. The van der Waals surface area contributed by atoms with E-state index in [2.05, 4.69) is 40.7 Å². The Balaban J connectivity index is 0.000000177. The molecule has 0 radical (unpaired) electrons. The van der Waals surface area contributed by atoms with Crippen molar-refractivity contribution in [3.63, 3.8) is 0 Å². The average Bonchev–Trinajstić information content (AvgIpc) is 3.61. The zero-order chi connectivity index (χ0) is 26.9. The number of fused-ring (bicyclic) bond motifs is 1. The lowest BCUT2D eigenvalue weighted by atomic mass is 10.0. The first kappa shape index (κ1) is 26.0. The maximum Gasteiger partial charge on any atom is 0.573 e. The number of nitrogens with zero attached hydrogens (tertiary/aromatic N) is 6. The van der Waals surface area contributed by atoms with Crippen molar-refractivity contribution in [3.05, 3.63) is 59.7 Å². The lowest BCUT2D eigenvalue weighted by molar-refractivity contribution is -0.274. The van der Waals surface area contributed by atoms with E-state index in [9.17, 15) is 17.6 Å². The Kier molecular flexibility index (Phi) is 7.24. The summed E-state index contributed by atoms with van der Waals surface area (Å²) in [6, 6.07) is 3.49. The summed E-state index contributed by atoms with van der Waals surface area (Å²) in [5, 5.41) is 4.39. The second-order valence-electron chi connectivity index (χ2n) is 9.32. The highest BCUT2D eigenvalue weighted by Crippen LogP contribution is 2.36. The van der Waals surface area contributed by atoms with E-state index in [4.69, 9.17) is 4.74 Å². The van der Waals surface area contributed by atoms with E-state index in [1.54, 1.807) is 13.8 Å². The normalized spacial score (nSPS) is 17.7. The van der Waals surface area contributed by atoms with E-state index < -0.39 is 17.9 Å². The highest BCUT2D eigenvalue weighted by Gasteiger charge is 2.31. The van der Waals surface area contributed by atoms with Gasteiger partial charge >= 0.3 is 6.36 Å². The molecule has 1 aliphatic heterocycles. The van der Waals surface area contributed by atoms with Crippen molar-refractivity contribution < 1.29 is 27.0 Å². The molecule has 0 bridgehead atoms. The number of aryl methyl sites for hydroxylation is 2. The number of hydrogen-bond acceptors (Lipinski definition) is 7. The summed E-state index contributed by atoms with van der Waals surface area (Å²) >= 11 is 0. The Morgan fingerprint density at radius 1 is 1.03 bits per heavy atom. The maximum atomic E-state index is 14.3. The third-order valence-corrected chi connectivity index (χ3v) is 6.40. The fraction of sp³-hybridized carbons (Fsp3) is 0.423. The van der Waals surface area contributed by atoms with E-state index >= 15 is 0 Å². The fourth-order valence-electron chi connectivity index (χ4n) is 4.19. The van der Waals surface area contributed by atoms with Crippen LogP contribution in [-0.2, 0) is 4.74 Å². The van der Waals surface area contributed by atoms with E-state index in [1.165, 1.54) is 37.6 Å². The standard InChI is InChI=1S/C15H10F4N4O.C11H16N2O/c1-7-8(2)23-14-13(22-7)12(20-6-21-14)10-4-3-9(5-11(10)16)24-15(17,18)19;1-2-6-14-11(3-1)9-7-12-13(8-9)10-4-5-10/h3-6H,1-2H3;7-8,10-11H,1-6H2. The lowest BCUT2D eigenvalue weighted by Gasteiger charge is -2.21. The second kappa shape index (κ2) is 10.6. The fourth-order valence-corrected chi connectivity index (χ4v) is 4.19. The van der Waals surface area contributed by atoms with Crippen LogP contribution in [0.5, 0.6) is 5.75 Å². The van der Waals surface area contributed by atoms with Gasteiger partial charge in [-0.05, 0) is 58.1 Å². The molecule has 1 saturated carbocycles. The van der Waals surface area contributed by atoms with Crippen LogP contribution in [0.2, 0.25) is 0 Å². The molecular formula is C26H26F4N6O2. The van der Waals surface area contributed by atoms with Crippen LogP contribution in [0.1, 0.15) is 61.2 Å². The van der Waals surface area contributed by atoms with Crippen LogP contribution in [0.3, 0.4) is 0 Å². The summed E-state index contributed by atoms with van der Waals surface area (Å²) in [5.74, 6) is -1.57. The van der Waals surface area contributed by atoms with Gasteiger partial charge in [-0.3, -0.25) is 4.68 Å². The Morgan fingerprint density at radius 2 is 1.82 bits per heavy atom. The highest BCUT2D eigenvalue weighted by atomic mass is 19.4. The van der Waals surface area contributed by atoms with Gasteiger partial charge in [-0.2, -0.15) is 5.10 Å². The van der Waals surface area contributed by atoms with E-state index in [1.807, 2.05) is 6.20 Å². The lowest BCUT2D eigenvalue weighted by Crippen LogP contribution is -2.17. The molecule has 3 aromatic heterocycles. The largest absolute Gasteiger partial charge is 0.573 e. The molecule has 2 aliphatic rings. The van der Waals surface area contributed by atoms with Gasteiger partial charge in [-0.1, -0.05) is 0 Å². The van der Waals surface area contributed by atoms with Crippen molar-refractivity contribution in [1.82, 2.24) is 29.7 Å². The van der Waals surface area contributed by atoms with Crippen molar-refractivity contribution in [1.29, 1.82) is 0 Å². The number of benzene rings is 1.